The van der Waals surface area contributed by atoms with E-state index in [9.17, 15) is 4.79 Å². The van der Waals surface area contributed by atoms with Gasteiger partial charge in [0.15, 0.2) is 5.78 Å². The standard InChI is InChI=1S/C13H10NO/c14-12-9-5-4-8-11(12)13(15)10-6-2-1-3-7-10/h1-7,9H,14H2. The van der Waals surface area contributed by atoms with Gasteiger partial charge in [0, 0.05) is 11.3 Å². The van der Waals surface area contributed by atoms with Gasteiger partial charge in [-0.2, -0.15) is 0 Å². The Morgan fingerprint density at radius 3 is 2.47 bits per heavy atom. The highest BCUT2D eigenvalue weighted by atomic mass is 16.1. The Bertz CT molecular complexity index is 477. The fourth-order valence-electron chi connectivity index (χ4n) is 1.38. The molecule has 0 aromatic heterocycles. The lowest BCUT2D eigenvalue weighted by Gasteiger charge is -2.03. The highest BCUT2D eigenvalue weighted by Crippen LogP contribution is 2.15. The van der Waals surface area contributed by atoms with E-state index in [4.69, 9.17) is 5.73 Å². The van der Waals surface area contributed by atoms with Crippen LogP contribution in [-0.2, 0) is 0 Å². The van der Waals surface area contributed by atoms with E-state index in [1.54, 1.807) is 30.3 Å². The third-order valence-corrected chi connectivity index (χ3v) is 2.15. The van der Waals surface area contributed by atoms with Crippen molar-refractivity contribution in [1.29, 1.82) is 0 Å². The van der Waals surface area contributed by atoms with Crippen LogP contribution in [0.4, 0.5) is 5.69 Å². The molecule has 2 aromatic carbocycles. The first kappa shape index (κ1) is 9.46. The molecule has 0 fully saturated rings. The van der Waals surface area contributed by atoms with Crippen molar-refractivity contribution in [3.05, 3.63) is 65.7 Å². The molecule has 0 bridgehead atoms. The van der Waals surface area contributed by atoms with Crippen molar-refractivity contribution in [3.8, 4) is 0 Å². The number of ketones is 1. The van der Waals surface area contributed by atoms with Gasteiger partial charge in [-0.25, -0.2) is 0 Å². The summed E-state index contributed by atoms with van der Waals surface area (Å²) in [5.41, 5.74) is 7.24. The summed E-state index contributed by atoms with van der Waals surface area (Å²) in [4.78, 5) is 12.0. The molecule has 2 N–H and O–H groups in total. The van der Waals surface area contributed by atoms with Crippen molar-refractivity contribution in [3.63, 3.8) is 0 Å². The maximum absolute atomic E-state index is 12.0. The molecule has 73 valence electrons. The zero-order chi connectivity index (χ0) is 10.7. The van der Waals surface area contributed by atoms with E-state index in [1.807, 2.05) is 18.2 Å². The average Bonchev–Trinajstić information content (AvgIpc) is 2.30. The molecule has 0 atom stereocenters. The smallest absolute Gasteiger partial charge is 0.195 e. The molecule has 0 aliphatic rings. The first-order valence-corrected chi connectivity index (χ1v) is 4.65. The molecule has 0 amide bonds. The van der Waals surface area contributed by atoms with E-state index in [2.05, 4.69) is 6.07 Å². The van der Waals surface area contributed by atoms with Crippen LogP contribution in [0.25, 0.3) is 0 Å². The summed E-state index contributed by atoms with van der Waals surface area (Å²) >= 11 is 0. The predicted octanol–water partition coefficient (Wildman–Crippen LogP) is 2.30. The molecule has 0 aliphatic carbocycles. The molecule has 2 aromatic rings. The molecule has 1 radical (unpaired) electrons. The van der Waals surface area contributed by atoms with Gasteiger partial charge < -0.3 is 5.73 Å². The highest BCUT2D eigenvalue weighted by Gasteiger charge is 2.10. The maximum atomic E-state index is 12.0. The lowest BCUT2D eigenvalue weighted by molar-refractivity contribution is 0.103. The third kappa shape index (κ3) is 1.89. The molecular weight excluding hydrogens is 186 g/mol. The predicted molar refractivity (Wildman–Crippen MR) is 59.6 cm³/mol. The average molecular weight is 196 g/mol. The molecule has 15 heavy (non-hydrogen) atoms. The zero-order valence-electron chi connectivity index (χ0n) is 8.10. The number of benzene rings is 2. The van der Waals surface area contributed by atoms with Crippen LogP contribution in [0.15, 0.2) is 48.5 Å². The lowest BCUT2D eigenvalue weighted by Crippen LogP contribution is -2.04. The number of nitrogen functional groups attached to an aromatic ring is 1. The molecule has 0 saturated carbocycles. The van der Waals surface area contributed by atoms with E-state index in [0.717, 1.165) is 0 Å². The van der Waals surface area contributed by atoms with Gasteiger partial charge in [0.05, 0.1) is 5.56 Å². The molecule has 0 saturated heterocycles. The zero-order valence-corrected chi connectivity index (χ0v) is 8.10. The Hall–Kier alpha value is -2.09. The molecule has 0 spiro atoms. The number of carbonyl (C=O) groups is 1. The maximum Gasteiger partial charge on any atom is 0.195 e. The minimum absolute atomic E-state index is 0.0892. The number of carbonyl (C=O) groups excluding carboxylic acids is 1. The Kier molecular flexibility index (Phi) is 2.50. The minimum Gasteiger partial charge on any atom is -0.398 e. The Morgan fingerprint density at radius 1 is 1.07 bits per heavy atom. The summed E-state index contributed by atoms with van der Waals surface area (Å²) in [5, 5.41) is 0. The minimum atomic E-state index is -0.0892. The van der Waals surface area contributed by atoms with Crippen LogP contribution in [0.3, 0.4) is 0 Å². The van der Waals surface area contributed by atoms with Gasteiger partial charge in [0.1, 0.15) is 0 Å². The Morgan fingerprint density at radius 2 is 1.80 bits per heavy atom. The van der Waals surface area contributed by atoms with Gasteiger partial charge in [-0.3, -0.25) is 4.79 Å². The van der Waals surface area contributed by atoms with Crippen LogP contribution >= 0.6 is 0 Å². The summed E-state index contributed by atoms with van der Waals surface area (Å²) in [6.07, 6.45) is 0. The summed E-state index contributed by atoms with van der Waals surface area (Å²) in [5.74, 6) is -0.0892. The molecule has 2 heteroatoms. The Balaban J connectivity index is 2.42. The summed E-state index contributed by atoms with van der Waals surface area (Å²) in [6, 6.07) is 17.1. The fourth-order valence-corrected chi connectivity index (χ4v) is 1.38. The molecular formula is C13H10NO. The van der Waals surface area contributed by atoms with Gasteiger partial charge in [0.25, 0.3) is 0 Å². The number of anilines is 1. The van der Waals surface area contributed by atoms with Crippen molar-refractivity contribution >= 4 is 11.5 Å². The van der Waals surface area contributed by atoms with Crippen molar-refractivity contribution in [2.24, 2.45) is 0 Å². The monoisotopic (exact) mass is 196 g/mol. The summed E-state index contributed by atoms with van der Waals surface area (Å²) < 4.78 is 0. The number of nitrogens with two attached hydrogens (primary N) is 1. The number of rotatable bonds is 2. The van der Waals surface area contributed by atoms with Crippen LogP contribution in [0.2, 0.25) is 0 Å². The van der Waals surface area contributed by atoms with Crippen molar-refractivity contribution in [2.45, 2.75) is 0 Å². The largest absolute Gasteiger partial charge is 0.398 e. The van der Waals surface area contributed by atoms with Gasteiger partial charge >= 0.3 is 0 Å². The quantitative estimate of drug-likeness (QED) is 0.591. The Labute approximate surface area is 88.4 Å². The summed E-state index contributed by atoms with van der Waals surface area (Å²) in [7, 11) is 0. The van der Waals surface area contributed by atoms with E-state index >= 15 is 0 Å². The molecule has 2 nitrogen and oxygen atoms in total. The van der Waals surface area contributed by atoms with E-state index in [1.165, 1.54) is 0 Å². The van der Waals surface area contributed by atoms with E-state index in [-0.39, 0.29) is 5.78 Å². The third-order valence-electron chi connectivity index (χ3n) is 2.15. The highest BCUT2D eigenvalue weighted by molar-refractivity contribution is 6.11. The van der Waals surface area contributed by atoms with Crippen LogP contribution < -0.4 is 5.73 Å². The topological polar surface area (TPSA) is 43.1 Å². The fraction of sp³-hybridized carbons (Fsp3) is 0. The van der Waals surface area contributed by atoms with Gasteiger partial charge in [0.2, 0.25) is 0 Å². The molecule has 0 heterocycles. The van der Waals surface area contributed by atoms with Gasteiger partial charge in [-0.1, -0.05) is 42.5 Å². The van der Waals surface area contributed by atoms with E-state index in [0.29, 0.717) is 16.8 Å². The molecule has 0 aliphatic heterocycles. The van der Waals surface area contributed by atoms with Crippen molar-refractivity contribution < 1.29 is 4.79 Å². The molecule has 0 unspecified atom stereocenters. The number of hydrogen-bond acceptors (Lipinski definition) is 2. The SMILES string of the molecule is Nc1ccc[c]c1C(=O)c1ccccc1. The van der Waals surface area contributed by atoms with Gasteiger partial charge in [-0.05, 0) is 12.1 Å². The first-order chi connectivity index (χ1) is 7.29. The van der Waals surface area contributed by atoms with Crippen molar-refractivity contribution in [1.82, 2.24) is 0 Å². The van der Waals surface area contributed by atoms with Crippen LogP contribution in [0.1, 0.15) is 15.9 Å². The second kappa shape index (κ2) is 3.96. The number of hydrogen-bond donors (Lipinski definition) is 1. The first-order valence-electron chi connectivity index (χ1n) is 4.65. The summed E-state index contributed by atoms with van der Waals surface area (Å²) in [6.45, 7) is 0. The second-order valence-corrected chi connectivity index (χ2v) is 3.20. The normalized spacial score (nSPS) is 9.87. The second-order valence-electron chi connectivity index (χ2n) is 3.20. The van der Waals surface area contributed by atoms with Gasteiger partial charge in [-0.15, -0.1) is 0 Å². The van der Waals surface area contributed by atoms with Crippen LogP contribution in [-0.4, -0.2) is 5.78 Å². The van der Waals surface area contributed by atoms with Crippen molar-refractivity contribution in [2.75, 3.05) is 5.73 Å². The van der Waals surface area contributed by atoms with E-state index < -0.39 is 0 Å². The van der Waals surface area contributed by atoms with Crippen LogP contribution in [0.5, 0.6) is 0 Å². The van der Waals surface area contributed by atoms with Crippen LogP contribution in [0, 0.1) is 6.07 Å². The molecule has 2 rings (SSSR count). The lowest BCUT2D eigenvalue weighted by atomic mass is 10.0.